The maximum atomic E-state index is 12.9. The van der Waals surface area contributed by atoms with Crippen LogP contribution in [0.4, 0.5) is 4.39 Å². The van der Waals surface area contributed by atoms with Gasteiger partial charge in [0.05, 0.1) is 11.4 Å². The van der Waals surface area contributed by atoms with Crippen LogP contribution in [0, 0.1) is 5.82 Å². The zero-order chi connectivity index (χ0) is 19.2. The van der Waals surface area contributed by atoms with E-state index in [1.807, 2.05) is 17.5 Å². The fourth-order valence-corrected chi connectivity index (χ4v) is 3.65. The second kappa shape index (κ2) is 8.88. The standard InChI is InChI=1S/C16H17FN2O5S2/c1-19(26(22,23)14-6-4-12(17)5-7-14)10-16(21)24-11-15(20)18-9-13-3-2-8-25-13/h2-8H,9-11H2,1H3,(H,18,20). The van der Waals surface area contributed by atoms with Crippen molar-refractivity contribution in [2.45, 2.75) is 11.4 Å². The highest BCUT2D eigenvalue weighted by Gasteiger charge is 2.23. The van der Waals surface area contributed by atoms with Crippen LogP contribution in [0.25, 0.3) is 0 Å². The molecule has 1 amide bonds. The van der Waals surface area contributed by atoms with Gasteiger partial charge in [-0.15, -0.1) is 11.3 Å². The van der Waals surface area contributed by atoms with E-state index >= 15 is 0 Å². The maximum absolute atomic E-state index is 12.9. The smallest absolute Gasteiger partial charge is 0.321 e. The molecule has 1 aromatic carbocycles. The molecule has 0 unspecified atom stereocenters. The van der Waals surface area contributed by atoms with Crippen molar-refractivity contribution in [3.63, 3.8) is 0 Å². The summed E-state index contributed by atoms with van der Waals surface area (Å²) in [5, 5.41) is 4.46. The SMILES string of the molecule is CN(CC(=O)OCC(=O)NCc1cccs1)S(=O)(=O)c1ccc(F)cc1. The third-order valence-electron chi connectivity index (χ3n) is 3.28. The average Bonchev–Trinajstić information content (AvgIpc) is 3.12. The predicted molar refractivity (Wildman–Crippen MR) is 93.3 cm³/mol. The quantitative estimate of drug-likeness (QED) is 0.676. The first kappa shape index (κ1) is 20.0. The van der Waals surface area contributed by atoms with E-state index in [9.17, 15) is 22.4 Å². The van der Waals surface area contributed by atoms with Gasteiger partial charge in [0.2, 0.25) is 10.0 Å². The number of hydrogen-bond donors (Lipinski definition) is 1. The molecule has 26 heavy (non-hydrogen) atoms. The van der Waals surface area contributed by atoms with Crippen molar-refractivity contribution in [1.29, 1.82) is 0 Å². The van der Waals surface area contributed by atoms with Gasteiger partial charge in [0.25, 0.3) is 5.91 Å². The molecule has 0 spiro atoms. The normalized spacial score (nSPS) is 11.3. The summed E-state index contributed by atoms with van der Waals surface area (Å²) in [5.74, 6) is -1.93. The minimum absolute atomic E-state index is 0.150. The van der Waals surface area contributed by atoms with E-state index in [1.165, 1.54) is 18.4 Å². The number of benzene rings is 1. The number of hydrogen-bond acceptors (Lipinski definition) is 6. The van der Waals surface area contributed by atoms with Gasteiger partial charge < -0.3 is 10.1 Å². The van der Waals surface area contributed by atoms with Crippen LogP contribution in [-0.4, -0.2) is 44.8 Å². The largest absolute Gasteiger partial charge is 0.455 e. The number of likely N-dealkylation sites (N-methyl/N-ethyl adjacent to an activating group) is 1. The minimum atomic E-state index is -3.96. The van der Waals surface area contributed by atoms with Crippen molar-refractivity contribution in [3.8, 4) is 0 Å². The molecule has 0 aliphatic rings. The van der Waals surface area contributed by atoms with E-state index in [4.69, 9.17) is 4.74 Å². The van der Waals surface area contributed by atoms with Crippen LogP contribution in [0.1, 0.15) is 4.88 Å². The number of carbonyl (C=O) groups excluding carboxylic acids is 2. The van der Waals surface area contributed by atoms with Crippen molar-refractivity contribution in [2.75, 3.05) is 20.2 Å². The molecule has 1 N–H and O–H groups in total. The number of thiophene rings is 1. The van der Waals surface area contributed by atoms with Gasteiger partial charge in [-0.3, -0.25) is 9.59 Å². The maximum Gasteiger partial charge on any atom is 0.321 e. The second-order valence-corrected chi connectivity index (χ2v) is 8.31. The fourth-order valence-electron chi connectivity index (χ4n) is 1.89. The van der Waals surface area contributed by atoms with Crippen LogP contribution in [0.3, 0.4) is 0 Å². The van der Waals surface area contributed by atoms with Gasteiger partial charge in [-0.05, 0) is 35.7 Å². The van der Waals surface area contributed by atoms with Gasteiger partial charge in [-0.25, -0.2) is 12.8 Å². The molecule has 2 rings (SSSR count). The van der Waals surface area contributed by atoms with Crippen LogP contribution in [0.2, 0.25) is 0 Å². The lowest BCUT2D eigenvalue weighted by Crippen LogP contribution is -2.35. The molecule has 0 aliphatic heterocycles. The zero-order valence-electron chi connectivity index (χ0n) is 13.8. The number of esters is 1. The van der Waals surface area contributed by atoms with Gasteiger partial charge in [0, 0.05) is 11.9 Å². The van der Waals surface area contributed by atoms with E-state index in [1.54, 1.807) is 0 Å². The predicted octanol–water partition coefficient (Wildman–Crippen LogP) is 1.37. The summed E-state index contributed by atoms with van der Waals surface area (Å²) in [6.45, 7) is -0.751. The van der Waals surface area contributed by atoms with Gasteiger partial charge in [0.1, 0.15) is 12.4 Å². The third-order valence-corrected chi connectivity index (χ3v) is 5.97. The molecule has 10 heteroatoms. The van der Waals surface area contributed by atoms with Gasteiger partial charge >= 0.3 is 5.97 Å². The lowest BCUT2D eigenvalue weighted by molar-refractivity contribution is -0.148. The number of sulfonamides is 1. The molecular formula is C16H17FN2O5S2. The van der Waals surface area contributed by atoms with Gasteiger partial charge in [0.15, 0.2) is 6.61 Å². The molecule has 1 heterocycles. The first-order valence-corrected chi connectivity index (χ1v) is 9.77. The lowest BCUT2D eigenvalue weighted by atomic mass is 10.4. The number of halogens is 1. The van der Waals surface area contributed by atoms with E-state index in [-0.39, 0.29) is 4.90 Å². The molecule has 0 bridgehead atoms. The van der Waals surface area contributed by atoms with Gasteiger partial charge in [-0.1, -0.05) is 6.07 Å². The van der Waals surface area contributed by atoms with E-state index in [2.05, 4.69) is 5.32 Å². The number of carbonyl (C=O) groups is 2. The number of ether oxygens (including phenoxy) is 1. The van der Waals surface area contributed by atoms with Crippen LogP contribution in [0.15, 0.2) is 46.7 Å². The summed E-state index contributed by atoms with van der Waals surface area (Å²) < 4.78 is 43.0. The highest BCUT2D eigenvalue weighted by molar-refractivity contribution is 7.89. The topological polar surface area (TPSA) is 92.8 Å². The number of amides is 1. The fraction of sp³-hybridized carbons (Fsp3) is 0.250. The monoisotopic (exact) mass is 400 g/mol. The minimum Gasteiger partial charge on any atom is -0.455 e. The second-order valence-electron chi connectivity index (χ2n) is 5.23. The Hall–Kier alpha value is -2.30. The molecule has 7 nitrogen and oxygen atoms in total. The van der Waals surface area contributed by atoms with Crippen molar-refractivity contribution in [2.24, 2.45) is 0 Å². The number of rotatable bonds is 8. The Kier molecular flexibility index (Phi) is 6.83. The first-order valence-electron chi connectivity index (χ1n) is 7.45. The van der Waals surface area contributed by atoms with Crippen LogP contribution >= 0.6 is 11.3 Å². The van der Waals surface area contributed by atoms with Crippen molar-refractivity contribution in [1.82, 2.24) is 9.62 Å². The Bertz CT molecular complexity index is 851. The number of nitrogens with zero attached hydrogens (tertiary/aromatic N) is 1. The summed E-state index contributed by atoms with van der Waals surface area (Å²) >= 11 is 1.48. The molecule has 1 aromatic heterocycles. The Morgan fingerprint density at radius 2 is 1.92 bits per heavy atom. The van der Waals surface area contributed by atoms with E-state index < -0.39 is 40.9 Å². The summed E-state index contributed by atoms with van der Waals surface area (Å²) in [5.41, 5.74) is 0. The molecule has 0 saturated heterocycles. The molecule has 0 radical (unpaired) electrons. The Balaban J connectivity index is 1.80. The highest BCUT2D eigenvalue weighted by Crippen LogP contribution is 2.14. The van der Waals surface area contributed by atoms with Crippen LogP contribution in [0.5, 0.6) is 0 Å². The first-order chi connectivity index (χ1) is 12.3. The van der Waals surface area contributed by atoms with Gasteiger partial charge in [-0.2, -0.15) is 4.31 Å². The van der Waals surface area contributed by atoms with E-state index in [0.29, 0.717) is 6.54 Å². The molecular weight excluding hydrogens is 383 g/mol. The van der Waals surface area contributed by atoms with Crippen molar-refractivity contribution in [3.05, 3.63) is 52.5 Å². The lowest BCUT2D eigenvalue weighted by Gasteiger charge is -2.16. The number of nitrogens with one attached hydrogen (secondary N) is 1. The molecule has 0 aliphatic carbocycles. The molecule has 2 aromatic rings. The average molecular weight is 400 g/mol. The highest BCUT2D eigenvalue weighted by atomic mass is 32.2. The van der Waals surface area contributed by atoms with Crippen molar-refractivity contribution < 1.29 is 27.1 Å². The Morgan fingerprint density at radius 3 is 2.54 bits per heavy atom. The Morgan fingerprint density at radius 1 is 1.23 bits per heavy atom. The van der Waals surface area contributed by atoms with Crippen LogP contribution in [-0.2, 0) is 30.9 Å². The molecule has 140 valence electrons. The van der Waals surface area contributed by atoms with E-state index in [0.717, 1.165) is 33.4 Å². The molecule has 0 atom stereocenters. The Labute approximate surface area is 154 Å². The molecule has 0 fully saturated rings. The van der Waals surface area contributed by atoms with Crippen LogP contribution < -0.4 is 5.32 Å². The summed E-state index contributed by atoms with van der Waals surface area (Å²) in [6.07, 6.45) is 0. The summed E-state index contributed by atoms with van der Waals surface area (Å²) in [6, 6.07) is 7.93. The zero-order valence-corrected chi connectivity index (χ0v) is 15.5. The van der Waals surface area contributed by atoms with Crippen molar-refractivity contribution >= 4 is 33.2 Å². The molecule has 0 saturated carbocycles. The summed E-state index contributed by atoms with van der Waals surface area (Å²) in [7, 11) is -2.77. The summed E-state index contributed by atoms with van der Waals surface area (Å²) in [4.78, 5) is 24.2. The third kappa shape index (κ3) is 5.61.